The molecule has 1 aromatic carbocycles. The number of primary amides is 1. The summed E-state index contributed by atoms with van der Waals surface area (Å²) >= 11 is 0.810. The number of pyridine rings is 1. The van der Waals surface area contributed by atoms with Crippen molar-refractivity contribution in [1.82, 2.24) is 9.97 Å². The Morgan fingerprint density at radius 3 is 2.41 bits per heavy atom. The number of aromatic nitrogens is 2. The van der Waals surface area contributed by atoms with E-state index in [1.54, 1.807) is 0 Å². The van der Waals surface area contributed by atoms with Gasteiger partial charge in [-0.3, -0.25) is 14.6 Å². The number of nitrogen functional groups attached to an aromatic ring is 1. The summed E-state index contributed by atoms with van der Waals surface area (Å²) < 4.78 is 55.2. The SMILES string of the molecule is C[C@H](C(N)=O)N(c1ccc(OC(F)(F)F)c(F)c1)c1nc(N)c(C(=O)c2ccncc2)s1. The van der Waals surface area contributed by atoms with Crippen LogP contribution in [-0.2, 0) is 4.79 Å². The van der Waals surface area contributed by atoms with Gasteiger partial charge >= 0.3 is 6.36 Å². The lowest BCUT2D eigenvalue weighted by molar-refractivity contribution is -0.275. The number of hydrogen-bond donors (Lipinski definition) is 2. The van der Waals surface area contributed by atoms with Crippen LogP contribution < -0.4 is 21.1 Å². The number of alkyl halides is 3. The van der Waals surface area contributed by atoms with Crippen molar-refractivity contribution >= 4 is 39.7 Å². The van der Waals surface area contributed by atoms with Gasteiger partial charge in [-0.2, -0.15) is 0 Å². The molecule has 0 spiro atoms. The zero-order valence-corrected chi connectivity index (χ0v) is 17.1. The third kappa shape index (κ3) is 4.94. The van der Waals surface area contributed by atoms with Crippen LogP contribution in [0.15, 0.2) is 42.7 Å². The predicted molar refractivity (Wildman–Crippen MR) is 108 cm³/mol. The molecule has 3 rings (SSSR count). The topological polar surface area (TPSA) is 124 Å². The van der Waals surface area contributed by atoms with Gasteiger partial charge in [0.2, 0.25) is 11.7 Å². The summed E-state index contributed by atoms with van der Waals surface area (Å²) in [6, 6.07) is 4.39. The van der Waals surface area contributed by atoms with E-state index in [1.165, 1.54) is 31.5 Å². The number of nitrogens with two attached hydrogens (primary N) is 2. The van der Waals surface area contributed by atoms with Crippen LogP contribution in [0.25, 0.3) is 0 Å². The zero-order chi connectivity index (χ0) is 23.6. The number of ketones is 1. The molecule has 0 saturated heterocycles. The highest BCUT2D eigenvalue weighted by Crippen LogP contribution is 2.37. The Balaban J connectivity index is 2.04. The maximum Gasteiger partial charge on any atom is 0.573 e. The van der Waals surface area contributed by atoms with Crippen LogP contribution >= 0.6 is 11.3 Å². The molecule has 0 radical (unpaired) electrons. The fraction of sp³-hybridized carbons (Fsp3) is 0.158. The van der Waals surface area contributed by atoms with E-state index < -0.39 is 35.7 Å². The van der Waals surface area contributed by atoms with E-state index in [0.717, 1.165) is 34.4 Å². The van der Waals surface area contributed by atoms with Crippen LogP contribution in [0.5, 0.6) is 5.75 Å². The van der Waals surface area contributed by atoms with E-state index in [2.05, 4.69) is 14.7 Å². The fourth-order valence-electron chi connectivity index (χ4n) is 2.69. The Bertz CT molecular complexity index is 1150. The molecule has 2 heterocycles. The molecule has 0 fully saturated rings. The molecule has 0 bridgehead atoms. The maximum absolute atomic E-state index is 14.3. The van der Waals surface area contributed by atoms with E-state index >= 15 is 0 Å². The van der Waals surface area contributed by atoms with E-state index in [4.69, 9.17) is 11.5 Å². The van der Waals surface area contributed by atoms with Crippen molar-refractivity contribution in [2.45, 2.75) is 19.3 Å². The summed E-state index contributed by atoms with van der Waals surface area (Å²) in [4.78, 5) is 33.7. The Labute approximate surface area is 182 Å². The largest absolute Gasteiger partial charge is 0.573 e. The number of carbonyl (C=O) groups excluding carboxylic acids is 2. The molecule has 0 unspecified atom stereocenters. The van der Waals surface area contributed by atoms with Crippen molar-refractivity contribution in [1.29, 1.82) is 0 Å². The van der Waals surface area contributed by atoms with Crippen LogP contribution in [0.1, 0.15) is 22.2 Å². The highest BCUT2D eigenvalue weighted by atomic mass is 32.1. The molecular formula is C19H15F4N5O3S. The van der Waals surface area contributed by atoms with Gasteiger partial charge in [0.15, 0.2) is 16.7 Å². The first-order valence-electron chi connectivity index (χ1n) is 8.83. The van der Waals surface area contributed by atoms with Gasteiger partial charge in [-0.15, -0.1) is 13.2 Å². The maximum atomic E-state index is 14.3. The molecule has 0 saturated carbocycles. The highest BCUT2D eigenvalue weighted by Gasteiger charge is 2.33. The van der Waals surface area contributed by atoms with E-state index in [1.807, 2.05) is 0 Å². The van der Waals surface area contributed by atoms with Gasteiger partial charge in [0, 0.05) is 29.7 Å². The fourth-order valence-corrected chi connectivity index (χ4v) is 3.74. The van der Waals surface area contributed by atoms with Gasteiger partial charge in [-0.05, 0) is 31.2 Å². The number of benzene rings is 1. The summed E-state index contributed by atoms with van der Waals surface area (Å²) in [6.07, 6.45) is -2.26. The van der Waals surface area contributed by atoms with Crippen LogP contribution in [0.3, 0.4) is 0 Å². The zero-order valence-electron chi connectivity index (χ0n) is 16.3. The molecule has 3 aromatic rings. The number of carbonyl (C=O) groups is 2. The number of nitrogens with zero attached hydrogens (tertiary/aromatic N) is 3. The molecule has 8 nitrogen and oxygen atoms in total. The quantitative estimate of drug-likeness (QED) is 0.401. The van der Waals surface area contributed by atoms with Crippen molar-refractivity contribution in [3.63, 3.8) is 0 Å². The average Bonchev–Trinajstić information content (AvgIpc) is 3.10. The van der Waals surface area contributed by atoms with Crippen LogP contribution in [0, 0.1) is 5.82 Å². The molecule has 1 amide bonds. The number of thiazole rings is 1. The molecule has 32 heavy (non-hydrogen) atoms. The summed E-state index contributed by atoms with van der Waals surface area (Å²) in [6.45, 7) is 1.38. The summed E-state index contributed by atoms with van der Waals surface area (Å²) in [7, 11) is 0. The van der Waals surface area contributed by atoms with Crippen LogP contribution in [0.4, 0.5) is 34.2 Å². The highest BCUT2D eigenvalue weighted by molar-refractivity contribution is 7.18. The van der Waals surface area contributed by atoms with Crippen molar-refractivity contribution in [2.24, 2.45) is 5.73 Å². The second-order valence-electron chi connectivity index (χ2n) is 6.39. The molecule has 0 aliphatic carbocycles. The van der Waals surface area contributed by atoms with Gasteiger partial charge in [-0.25, -0.2) is 9.37 Å². The van der Waals surface area contributed by atoms with Gasteiger partial charge in [-0.1, -0.05) is 11.3 Å². The minimum Gasteiger partial charge on any atom is -0.403 e. The second kappa shape index (κ2) is 8.78. The predicted octanol–water partition coefficient (Wildman–Crippen LogP) is 3.40. The van der Waals surface area contributed by atoms with Gasteiger partial charge < -0.3 is 21.1 Å². The molecule has 2 aromatic heterocycles. The molecule has 0 aliphatic heterocycles. The summed E-state index contributed by atoms with van der Waals surface area (Å²) in [5.41, 5.74) is 11.5. The number of halogens is 4. The molecule has 4 N–H and O–H groups in total. The Morgan fingerprint density at radius 1 is 1.19 bits per heavy atom. The monoisotopic (exact) mass is 469 g/mol. The Morgan fingerprint density at radius 2 is 1.84 bits per heavy atom. The normalized spacial score (nSPS) is 12.3. The summed E-state index contributed by atoms with van der Waals surface area (Å²) in [5, 5.41) is 0.00935. The number of anilines is 3. The molecule has 0 aliphatic rings. The molecule has 13 heteroatoms. The summed E-state index contributed by atoms with van der Waals surface area (Å²) in [5.74, 6) is -3.83. The number of amides is 1. The van der Waals surface area contributed by atoms with Crippen molar-refractivity contribution < 1.29 is 31.9 Å². The molecule has 1 atom stereocenters. The van der Waals surface area contributed by atoms with Crippen LogP contribution in [0.2, 0.25) is 0 Å². The van der Waals surface area contributed by atoms with Crippen molar-refractivity contribution in [3.05, 3.63) is 59.0 Å². The van der Waals surface area contributed by atoms with Crippen LogP contribution in [-0.4, -0.2) is 34.1 Å². The lowest BCUT2D eigenvalue weighted by atomic mass is 10.1. The first-order valence-corrected chi connectivity index (χ1v) is 9.64. The van der Waals surface area contributed by atoms with E-state index in [0.29, 0.717) is 0 Å². The van der Waals surface area contributed by atoms with E-state index in [-0.39, 0.29) is 27.1 Å². The molecule has 168 valence electrons. The Kier molecular flexibility index (Phi) is 6.30. The Hall–Kier alpha value is -3.74. The van der Waals surface area contributed by atoms with Crippen molar-refractivity contribution in [2.75, 3.05) is 10.6 Å². The second-order valence-corrected chi connectivity index (χ2v) is 7.36. The first kappa shape index (κ1) is 22.9. The van der Waals surface area contributed by atoms with Gasteiger partial charge in [0.25, 0.3) is 0 Å². The number of hydrogen-bond acceptors (Lipinski definition) is 8. The number of ether oxygens (including phenoxy) is 1. The standard InChI is InChI=1S/C19H15F4N5O3S/c1-9(17(25)30)28(11-2-3-13(12(20)8-11)31-19(21,22)23)18-27-16(24)15(32-18)14(29)10-4-6-26-7-5-10/h2-9H,24H2,1H3,(H2,25,30)/t9-/m1/s1. The third-order valence-corrected chi connectivity index (χ3v) is 5.28. The van der Waals surface area contributed by atoms with E-state index in [9.17, 15) is 27.2 Å². The average molecular weight is 469 g/mol. The van der Waals surface area contributed by atoms with Crippen molar-refractivity contribution in [3.8, 4) is 5.75 Å². The van der Waals surface area contributed by atoms with Gasteiger partial charge in [0.05, 0.1) is 0 Å². The smallest absolute Gasteiger partial charge is 0.403 e. The lowest BCUT2D eigenvalue weighted by Gasteiger charge is -2.27. The molecular weight excluding hydrogens is 454 g/mol. The van der Waals surface area contributed by atoms with Gasteiger partial charge in [0.1, 0.15) is 16.7 Å². The lowest BCUT2D eigenvalue weighted by Crippen LogP contribution is -2.40. The minimum absolute atomic E-state index is 0.00935. The third-order valence-electron chi connectivity index (χ3n) is 4.22. The minimum atomic E-state index is -5.09. The number of rotatable bonds is 7. The first-order chi connectivity index (χ1) is 15.0.